The van der Waals surface area contributed by atoms with Gasteiger partial charge in [-0.15, -0.1) is 0 Å². The fourth-order valence-electron chi connectivity index (χ4n) is 1.34. The molecule has 0 bridgehead atoms. The molecule has 0 atom stereocenters. The number of hydrogen-bond acceptors (Lipinski definition) is 2. The van der Waals surface area contributed by atoms with Crippen LogP contribution in [0, 0.1) is 5.82 Å². The van der Waals surface area contributed by atoms with Crippen molar-refractivity contribution in [2.45, 2.75) is 18.4 Å². The van der Waals surface area contributed by atoms with Gasteiger partial charge in [-0.05, 0) is 25.0 Å². The summed E-state index contributed by atoms with van der Waals surface area (Å²) in [6, 6.07) is 2.28. The number of halogens is 2. The molecule has 0 saturated heterocycles. The Labute approximate surface area is 79.6 Å². The zero-order chi connectivity index (χ0) is 9.64. The highest BCUT2D eigenvalue weighted by atomic mass is 35.5. The third kappa shape index (κ3) is 1.28. The van der Waals surface area contributed by atoms with Crippen molar-refractivity contribution in [3.8, 4) is 5.75 Å². The minimum atomic E-state index is -1.15. The second-order valence-corrected chi connectivity index (χ2v) is 3.67. The van der Waals surface area contributed by atoms with Crippen molar-refractivity contribution in [3.05, 3.63) is 28.5 Å². The third-order valence-electron chi connectivity index (χ3n) is 2.26. The molecule has 1 aromatic carbocycles. The fraction of sp³-hybridized carbons (Fsp3) is 0.333. The summed E-state index contributed by atoms with van der Waals surface area (Å²) in [5, 5.41) is 18.8. The van der Waals surface area contributed by atoms with Gasteiger partial charge in [-0.2, -0.15) is 0 Å². The standard InChI is InChI=1S/C9H8ClFO2/c10-8-6(12)2-1-5(11)7(8)9(13)3-4-9/h1-2,12-13H,3-4H2. The Balaban J connectivity index is 2.61. The molecule has 4 heteroatoms. The van der Waals surface area contributed by atoms with Crippen LogP contribution in [0.3, 0.4) is 0 Å². The Kier molecular flexibility index (Phi) is 1.75. The van der Waals surface area contributed by atoms with Gasteiger partial charge < -0.3 is 10.2 Å². The van der Waals surface area contributed by atoms with E-state index in [0.29, 0.717) is 12.8 Å². The highest BCUT2D eigenvalue weighted by Crippen LogP contribution is 2.50. The first-order valence-corrected chi connectivity index (χ1v) is 4.32. The monoisotopic (exact) mass is 202 g/mol. The van der Waals surface area contributed by atoms with Gasteiger partial charge in [-0.25, -0.2) is 4.39 Å². The molecule has 0 spiro atoms. The Morgan fingerprint density at radius 2 is 2.00 bits per heavy atom. The highest BCUT2D eigenvalue weighted by Gasteiger charge is 2.46. The Hall–Kier alpha value is -0.800. The van der Waals surface area contributed by atoms with Crippen LogP contribution in [0.5, 0.6) is 5.75 Å². The molecular formula is C9H8ClFO2. The number of phenols is 1. The van der Waals surface area contributed by atoms with E-state index in [9.17, 15) is 14.6 Å². The molecule has 0 heterocycles. The molecule has 1 aromatic rings. The first-order chi connectivity index (χ1) is 6.04. The molecule has 0 aromatic heterocycles. The molecule has 2 nitrogen and oxygen atoms in total. The summed E-state index contributed by atoms with van der Waals surface area (Å²) in [7, 11) is 0. The van der Waals surface area contributed by atoms with Gasteiger partial charge in [0.1, 0.15) is 11.6 Å². The zero-order valence-corrected chi connectivity index (χ0v) is 7.48. The number of phenolic OH excluding ortho intramolecular Hbond substituents is 1. The topological polar surface area (TPSA) is 40.5 Å². The third-order valence-corrected chi connectivity index (χ3v) is 2.64. The lowest BCUT2D eigenvalue weighted by molar-refractivity contribution is 0.146. The van der Waals surface area contributed by atoms with Crippen LogP contribution < -0.4 is 0 Å². The van der Waals surface area contributed by atoms with Gasteiger partial charge in [0.2, 0.25) is 0 Å². The summed E-state index contributed by atoms with van der Waals surface area (Å²) >= 11 is 5.67. The van der Waals surface area contributed by atoms with Crippen molar-refractivity contribution in [3.63, 3.8) is 0 Å². The number of benzene rings is 1. The largest absolute Gasteiger partial charge is 0.506 e. The van der Waals surface area contributed by atoms with E-state index in [4.69, 9.17) is 11.6 Å². The van der Waals surface area contributed by atoms with Crippen LogP contribution in [0.25, 0.3) is 0 Å². The average Bonchev–Trinajstić information content (AvgIpc) is 2.78. The maximum atomic E-state index is 13.2. The number of aromatic hydroxyl groups is 1. The number of rotatable bonds is 1. The second-order valence-electron chi connectivity index (χ2n) is 3.29. The maximum Gasteiger partial charge on any atom is 0.134 e. The second kappa shape index (κ2) is 2.59. The van der Waals surface area contributed by atoms with Gasteiger partial charge in [0.25, 0.3) is 0 Å². The molecule has 0 radical (unpaired) electrons. The Morgan fingerprint density at radius 3 is 2.54 bits per heavy atom. The minimum Gasteiger partial charge on any atom is -0.506 e. The van der Waals surface area contributed by atoms with Gasteiger partial charge in [0.05, 0.1) is 10.6 Å². The van der Waals surface area contributed by atoms with Gasteiger partial charge in [-0.3, -0.25) is 0 Å². The van der Waals surface area contributed by atoms with Gasteiger partial charge in [0, 0.05) is 5.56 Å². The fourth-order valence-corrected chi connectivity index (χ4v) is 1.67. The van der Waals surface area contributed by atoms with Crippen molar-refractivity contribution < 1.29 is 14.6 Å². The highest BCUT2D eigenvalue weighted by molar-refractivity contribution is 6.32. The molecule has 1 saturated carbocycles. The normalized spacial score (nSPS) is 18.7. The van der Waals surface area contributed by atoms with E-state index in [2.05, 4.69) is 0 Å². The van der Waals surface area contributed by atoms with Crippen LogP contribution in [0.2, 0.25) is 5.02 Å². The van der Waals surface area contributed by atoms with Gasteiger partial charge in [0.15, 0.2) is 0 Å². The van der Waals surface area contributed by atoms with Crippen LogP contribution in [-0.4, -0.2) is 10.2 Å². The quantitative estimate of drug-likeness (QED) is 0.733. The van der Waals surface area contributed by atoms with E-state index in [-0.39, 0.29) is 16.3 Å². The minimum absolute atomic E-state index is 0.0224. The summed E-state index contributed by atoms with van der Waals surface area (Å²) < 4.78 is 13.2. The average molecular weight is 203 g/mol. The molecule has 1 aliphatic rings. The van der Waals surface area contributed by atoms with Crippen LogP contribution in [-0.2, 0) is 5.60 Å². The molecule has 0 aliphatic heterocycles. The lowest BCUT2D eigenvalue weighted by Crippen LogP contribution is -2.08. The van der Waals surface area contributed by atoms with Crippen molar-refractivity contribution in [2.75, 3.05) is 0 Å². The predicted octanol–water partition coefficient (Wildman–Crippen LogP) is 2.17. The lowest BCUT2D eigenvalue weighted by Gasteiger charge is -2.12. The molecule has 1 aliphatic carbocycles. The summed E-state index contributed by atoms with van der Waals surface area (Å²) in [4.78, 5) is 0. The van der Waals surface area contributed by atoms with Crippen LogP contribution >= 0.6 is 11.6 Å². The van der Waals surface area contributed by atoms with Crippen molar-refractivity contribution in [1.82, 2.24) is 0 Å². The summed E-state index contributed by atoms with van der Waals surface area (Å²) in [5.74, 6) is -0.763. The first-order valence-electron chi connectivity index (χ1n) is 3.94. The molecule has 1 fully saturated rings. The molecule has 13 heavy (non-hydrogen) atoms. The van der Waals surface area contributed by atoms with Gasteiger partial charge >= 0.3 is 0 Å². The van der Waals surface area contributed by atoms with Crippen molar-refractivity contribution in [2.24, 2.45) is 0 Å². The molecule has 2 rings (SSSR count). The molecule has 70 valence electrons. The smallest absolute Gasteiger partial charge is 0.134 e. The van der Waals surface area contributed by atoms with E-state index in [0.717, 1.165) is 6.07 Å². The maximum absolute atomic E-state index is 13.2. The van der Waals surface area contributed by atoms with E-state index in [1.807, 2.05) is 0 Å². The molecular weight excluding hydrogens is 195 g/mol. The van der Waals surface area contributed by atoms with E-state index in [1.54, 1.807) is 0 Å². The Bertz CT molecular complexity index is 361. The zero-order valence-electron chi connectivity index (χ0n) is 6.72. The van der Waals surface area contributed by atoms with Crippen molar-refractivity contribution in [1.29, 1.82) is 0 Å². The molecule has 0 amide bonds. The Morgan fingerprint density at radius 1 is 1.38 bits per heavy atom. The predicted molar refractivity (Wildman–Crippen MR) is 46.2 cm³/mol. The van der Waals surface area contributed by atoms with E-state index in [1.165, 1.54) is 6.07 Å². The molecule has 0 unspecified atom stereocenters. The SMILES string of the molecule is Oc1ccc(F)c(C2(O)CC2)c1Cl. The molecule has 2 N–H and O–H groups in total. The van der Waals surface area contributed by atoms with Crippen LogP contribution in [0.4, 0.5) is 4.39 Å². The van der Waals surface area contributed by atoms with E-state index < -0.39 is 11.4 Å². The summed E-state index contributed by atoms with van der Waals surface area (Å²) in [6.45, 7) is 0. The summed E-state index contributed by atoms with van der Waals surface area (Å²) in [6.07, 6.45) is 0.986. The summed E-state index contributed by atoms with van der Waals surface area (Å²) in [5.41, 5.74) is -1.13. The number of hydrogen-bond donors (Lipinski definition) is 2. The van der Waals surface area contributed by atoms with Gasteiger partial charge in [-0.1, -0.05) is 11.6 Å². The van der Waals surface area contributed by atoms with Crippen LogP contribution in [0.1, 0.15) is 18.4 Å². The van der Waals surface area contributed by atoms with Crippen LogP contribution in [0.15, 0.2) is 12.1 Å². The van der Waals surface area contributed by atoms with E-state index >= 15 is 0 Å². The van der Waals surface area contributed by atoms with Crippen molar-refractivity contribution >= 4 is 11.6 Å². The number of aliphatic hydroxyl groups is 1. The first kappa shape index (κ1) is 8.78. The lowest BCUT2D eigenvalue weighted by atomic mass is 10.1.